The monoisotopic (exact) mass is 378 g/mol. The van der Waals surface area contributed by atoms with Crippen molar-refractivity contribution in [1.82, 2.24) is 9.62 Å². The number of hydrogen-bond acceptors (Lipinski definition) is 3. The summed E-state index contributed by atoms with van der Waals surface area (Å²) >= 11 is 0. The molecule has 1 heterocycles. The van der Waals surface area contributed by atoms with Crippen LogP contribution in [0.3, 0.4) is 0 Å². The summed E-state index contributed by atoms with van der Waals surface area (Å²) in [6.45, 7) is 3.39. The molecule has 1 N–H and O–H groups in total. The Bertz CT molecular complexity index is 731. The number of rotatable bonds is 4. The molecule has 144 valence electrons. The van der Waals surface area contributed by atoms with Crippen molar-refractivity contribution in [2.45, 2.75) is 75.6 Å². The first kappa shape index (κ1) is 19.4. The Labute approximate surface area is 157 Å². The first-order valence-electron chi connectivity index (χ1n) is 9.89. The van der Waals surface area contributed by atoms with Gasteiger partial charge >= 0.3 is 0 Å². The number of benzene rings is 1. The third-order valence-electron chi connectivity index (χ3n) is 5.57. The summed E-state index contributed by atoms with van der Waals surface area (Å²) in [7, 11) is -3.60. The molecular weight excluding hydrogens is 348 g/mol. The van der Waals surface area contributed by atoms with Gasteiger partial charge in [-0.1, -0.05) is 31.7 Å². The summed E-state index contributed by atoms with van der Waals surface area (Å²) in [6.07, 6.45) is 9.48. The van der Waals surface area contributed by atoms with Gasteiger partial charge in [-0.05, 0) is 56.7 Å². The summed E-state index contributed by atoms with van der Waals surface area (Å²) in [5.41, 5.74) is 1.34. The second kappa shape index (κ2) is 8.53. The fraction of sp³-hybridized carbons (Fsp3) is 0.650. The van der Waals surface area contributed by atoms with E-state index in [-0.39, 0.29) is 16.8 Å². The van der Waals surface area contributed by atoms with Crippen LogP contribution in [0.5, 0.6) is 0 Å². The lowest BCUT2D eigenvalue weighted by Crippen LogP contribution is -2.36. The van der Waals surface area contributed by atoms with E-state index in [2.05, 4.69) is 4.72 Å². The highest BCUT2D eigenvalue weighted by molar-refractivity contribution is 7.89. The number of amides is 1. The fourth-order valence-electron chi connectivity index (χ4n) is 3.95. The van der Waals surface area contributed by atoms with Crippen molar-refractivity contribution >= 4 is 15.9 Å². The van der Waals surface area contributed by atoms with Crippen molar-refractivity contribution in [2.75, 3.05) is 13.1 Å². The number of hydrogen-bond donors (Lipinski definition) is 1. The van der Waals surface area contributed by atoms with E-state index in [4.69, 9.17) is 0 Å². The Morgan fingerprint density at radius 2 is 1.62 bits per heavy atom. The van der Waals surface area contributed by atoms with E-state index < -0.39 is 10.0 Å². The average Bonchev–Trinajstić information content (AvgIpc) is 2.90. The van der Waals surface area contributed by atoms with Crippen molar-refractivity contribution in [2.24, 2.45) is 0 Å². The summed E-state index contributed by atoms with van der Waals surface area (Å²) < 4.78 is 28.5. The Balaban J connectivity index is 1.80. The second-order valence-corrected chi connectivity index (χ2v) is 9.35. The molecule has 6 heteroatoms. The lowest BCUT2D eigenvalue weighted by atomic mass is 10.1. The summed E-state index contributed by atoms with van der Waals surface area (Å²) in [4.78, 5) is 14.9. The van der Waals surface area contributed by atoms with Crippen molar-refractivity contribution < 1.29 is 13.2 Å². The fourth-order valence-corrected chi connectivity index (χ4v) is 5.28. The van der Waals surface area contributed by atoms with E-state index in [1.807, 2.05) is 11.8 Å². The van der Waals surface area contributed by atoms with Crippen LogP contribution < -0.4 is 4.72 Å². The molecule has 2 fully saturated rings. The minimum atomic E-state index is -3.60. The number of aryl methyl sites for hydroxylation is 1. The number of likely N-dealkylation sites (tertiary alicyclic amines) is 1. The van der Waals surface area contributed by atoms with Crippen LogP contribution in [-0.2, 0) is 10.0 Å². The number of nitrogens with zero attached hydrogens (tertiary/aromatic N) is 1. The Kier molecular flexibility index (Phi) is 6.35. The van der Waals surface area contributed by atoms with Crippen LogP contribution >= 0.6 is 0 Å². The van der Waals surface area contributed by atoms with Crippen molar-refractivity contribution in [3.8, 4) is 0 Å². The normalized spacial score (nSPS) is 20.0. The van der Waals surface area contributed by atoms with Gasteiger partial charge in [-0.2, -0.15) is 0 Å². The van der Waals surface area contributed by atoms with Gasteiger partial charge in [0.05, 0.1) is 4.90 Å². The predicted molar refractivity (Wildman–Crippen MR) is 103 cm³/mol. The van der Waals surface area contributed by atoms with Gasteiger partial charge in [0.2, 0.25) is 10.0 Å². The third-order valence-corrected chi connectivity index (χ3v) is 7.09. The molecular formula is C20H30N2O3S. The smallest absolute Gasteiger partial charge is 0.254 e. The molecule has 5 nitrogen and oxygen atoms in total. The lowest BCUT2D eigenvalue weighted by molar-refractivity contribution is 0.0723. The van der Waals surface area contributed by atoms with Crippen LogP contribution in [-0.4, -0.2) is 38.4 Å². The van der Waals surface area contributed by atoms with Crippen LogP contribution in [0.1, 0.15) is 73.7 Å². The highest BCUT2D eigenvalue weighted by Crippen LogP contribution is 2.22. The molecule has 1 saturated carbocycles. The van der Waals surface area contributed by atoms with E-state index in [1.54, 1.807) is 18.2 Å². The van der Waals surface area contributed by atoms with E-state index >= 15 is 0 Å². The topological polar surface area (TPSA) is 66.5 Å². The molecule has 1 aromatic rings. The Morgan fingerprint density at radius 3 is 2.27 bits per heavy atom. The van der Waals surface area contributed by atoms with Gasteiger partial charge in [-0.25, -0.2) is 13.1 Å². The van der Waals surface area contributed by atoms with Gasteiger partial charge in [0.15, 0.2) is 0 Å². The maximum absolute atomic E-state index is 12.8. The number of carbonyl (C=O) groups excluding carboxylic acids is 1. The van der Waals surface area contributed by atoms with Gasteiger partial charge < -0.3 is 4.90 Å². The van der Waals surface area contributed by atoms with Gasteiger partial charge in [-0.3, -0.25) is 4.79 Å². The Hall–Kier alpha value is -1.40. The van der Waals surface area contributed by atoms with Crippen molar-refractivity contribution in [3.05, 3.63) is 29.3 Å². The highest BCUT2D eigenvalue weighted by Gasteiger charge is 2.25. The molecule has 1 amide bonds. The molecule has 1 aliphatic carbocycles. The van der Waals surface area contributed by atoms with E-state index in [0.717, 1.165) is 63.6 Å². The Morgan fingerprint density at radius 1 is 1.00 bits per heavy atom. The number of nitrogens with one attached hydrogen (secondary N) is 1. The molecule has 0 radical (unpaired) electrons. The van der Waals surface area contributed by atoms with Crippen LogP contribution in [0.4, 0.5) is 0 Å². The largest absolute Gasteiger partial charge is 0.339 e. The highest BCUT2D eigenvalue weighted by atomic mass is 32.2. The predicted octanol–water partition coefficient (Wildman–Crippen LogP) is 3.62. The van der Waals surface area contributed by atoms with Gasteiger partial charge in [-0.15, -0.1) is 0 Å². The number of carbonyl (C=O) groups is 1. The quantitative estimate of drug-likeness (QED) is 0.814. The second-order valence-electron chi connectivity index (χ2n) is 7.64. The maximum atomic E-state index is 12.8. The molecule has 3 rings (SSSR count). The molecule has 0 atom stereocenters. The lowest BCUT2D eigenvalue weighted by Gasteiger charge is -2.27. The van der Waals surface area contributed by atoms with Crippen LogP contribution in [0.15, 0.2) is 23.1 Å². The van der Waals surface area contributed by atoms with E-state index in [1.165, 1.54) is 12.8 Å². The van der Waals surface area contributed by atoms with Gasteiger partial charge in [0.25, 0.3) is 5.91 Å². The summed E-state index contributed by atoms with van der Waals surface area (Å²) in [6, 6.07) is 4.93. The molecule has 26 heavy (non-hydrogen) atoms. The number of sulfonamides is 1. The van der Waals surface area contributed by atoms with Gasteiger partial charge in [0, 0.05) is 24.7 Å². The zero-order valence-corrected chi connectivity index (χ0v) is 16.5. The molecule has 1 aliphatic heterocycles. The minimum Gasteiger partial charge on any atom is -0.339 e. The first-order valence-corrected chi connectivity index (χ1v) is 11.4. The molecule has 0 spiro atoms. The van der Waals surface area contributed by atoms with Crippen LogP contribution in [0, 0.1) is 6.92 Å². The first-order chi connectivity index (χ1) is 12.5. The molecule has 1 saturated heterocycles. The average molecular weight is 379 g/mol. The van der Waals surface area contributed by atoms with Crippen molar-refractivity contribution in [3.63, 3.8) is 0 Å². The van der Waals surface area contributed by atoms with Crippen molar-refractivity contribution in [1.29, 1.82) is 0 Å². The molecule has 2 aliphatic rings. The number of piperidine rings is 1. The third kappa shape index (κ3) is 4.65. The van der Waals surface area contributed by atoms with Crippen LogP contribution in [0.25, 0.3) is 0 Å². The SMILES string of the molecule is Cc1ccc(S(=O)(=O)NC2CCCCCC2)cc1C(=O)N1CCCCC1. The molecule has 0 bridgehead atoms. The molecule has 0 aromatic heterocycles. The van der Waals surface area contributed by atoms with E-state index in [9.17, 15) is 13.2 Å². The standard InChI is InChI=1S/C20H30N2O3S/c1-16-11-12-18(15-19(16)20(23)22-13-7-4-8-14-22)26(24,25)21-17-9-5-2-3-6-10-17/h11-12,15,17,21H,2-10,13-14H2,1H3. The molecule has 1 aromatic carbocycles. The zero-order chi connectivity index (χ0) is 18.6. The zero-order valence-electron chi connectivity index (χ0n) is 15.7. The molecule has 0 unspecified atom stereocenters. The van der Waals surface area contributed by atoms with E-state index in [0.29, 0.717) is 5.56 Å². The summed E-state index contributed by atoms with van der Waals surface area (Å²) in [5, 5.41) is 0. The maximum Gasteiger partial charge on any atom is 0.254 e. The minimum absolute atomic E-state index is 0.00468. The summed E-state index contributed by atoms with van der Waals surface area (Å²) in [5.74, 6) is -0.0475. The van der Waals surface area contributed by atoms with Crippen LogP contribution in [0.2, 0.25) is 0 Å². The van der Waals surface area contributed by atoms with Gasteiger partial charge in [0.1, 0.15) is 0 Å².